The van der Waals surface area contributed by atoms with Crippen LogP contribution in [0.5, 0.6) is 0 Å². The summed E-state index contributed by atoms with van der Waals surface area (Å²) >= 11 is 6.25. The lowest BCUT2D eigenvalue weighted by Crippen LogP contribution is -2.56. The highest BCUT2D eigenvalue weighted by Crippen LogP contribution is 2.33. The maximum absolute atomic E-state index is 13.6. The molecule has 1 atom stereocenters. The number of hydrogen-bond acceptors (Lipinski definition) is 7. The Balaban J connectivity index is 1.69. The molecular formula is C30H37ClN4O7. The number of aliphatic hydroxyl groups excluding tert-OH is 1. The molecule has 42 heavy (non-hydrogen) atoms. The number of nitrogens with one attached hydrogen (secondary N) is 3. The zero-order valence-corrected chi connectivity index (χ0v) is 24.5. The van der Waals surface area contributed by atoms with Crippen molar-refractivity contribution < 1.29 is 33.8 Å². The second-order valence-electron chi connectivity index (χ2n) is 10.1. The van der Waals surface area contributed by atoms with Crippen molar-refractivity contribution in [2.45, 2.75) is 45.7 Å². The van der Waals surface area contributed by atoms with Crippen molar-refractivity contribution in [3.05, 3.63) is 77.0 Å². The standard InChI is InChI=1S/C30H37ClN4O7/c1-4-21-9-11-23(12-10-21)33-28(39)41-19-30(27(38)32-17-22-7-5-6-8-24(22)31)13-15-35(16-14-30)26(37)25(18-36)34-29(40)42-20(2)3/h5-12,25,36H,2,4,13-19H2,1,3H3,(H,32,38)(H,33,39)(H,34,40)/t25-/m0/s1. The first-order valence-electron chi connectivity index (χ1n) is 13.6. The summed E-state index contributed by atoms with van der Waals surface area (Å²) in [4.78, 5) is 52.6. The fourth-order valence-corrected chi connectivity index (χ4v) is 4.72. The van der Waals surface area contributed by atoms with Crippen molar-refractivity contribution in [3.63, 3.8) is 0 Å². The summed E-state index contributed by atoms with van der Waals surface area (Å²) in [6.07, 6.45) is -0.426. The van der Waals surface area contributed by atoms with Gasteiger partial charge in [0.05, 0.1) is 17.8 Å². The molecule has 0 spiro atoms. The lowest BCUT2D eigenvalue weighted by atomic mass is 9.78. The third-order valence-electron chi connectivity index (χ3n) is 7.04. The largest absolute Gasteiger partial charge is 0.448 e. The number of alkyl carbamates (subject to hydrolysis) is 1. The Labute approximate surface area is 250 Å². The van der Waals surface area contributed by atoms with E-state index < -0.39 is 36.2 Å². The van der Waals surface area contributed by atoms with Gasteiger partial charge in [-0.3, -0.25) is 14.9 Å². The number of carbonyl (C=O) groups is 4. The number of piperidine rings is 1. The van der Waals surface area contributed by atoms with Crippen molar-refractivity contribution >= 4 is 41.3 Å². The van der Waals surface area contributed by atoms with Gasteiger partial charge in [-0.1, -0.05) is 55.4 Å². The normalized spacial score (nSPS) is 14.7. The SMILES string of the molecule is C=C(C)OC(=O)N[C@@H](CO)C(=O)N1CCC(COC(=O)Nc2ccc(CC)cc2)(C(=O)NCc2ccccc2Cl)CC1. The molecule has 12 heteroatoms. The second-order valence-corrected chi connectivity index (χ2v) is 10.5. The van der Waals surface area contributed by atoms with Gasteiger partial charge >= 0.3 is 12.2 Å². The van der Waals surface area contributed by atoms with Crippen molar-refractivity contribution in [1.29, 1.82) is 0 Å². The number of ether oxygens (including phenoxy) is 2. The third kappa shape index (κ3) is 8.95. The molecule has 1 saturated heterocycles. The van der Waals surface area contributed by atoms with Crippen LogP contribution in [0, 0.1) is 5.41 Å². The van der Waals surface area contributed by atoms with Gasteiger partial charge in [0.15, 0.2) is 0 Å². The Bertz CT molecular complexity index is 1280. The third-order valence-corrected chi connectivity index (χ3v) is 7.41. The molecule has 11 nitrogen and oxygen atoms in total. The number of anilines is 1. The van der Waals surface area contributed by atoms with Crippen LogP contribution in [0.15, 0.2) is 60.9 Å². The topological polar surface area (TPSA) is 146 Å². The van der Waals surface area contributed by atoms with E-state index in [1.165, 1.54) is 11.8 Å². The van der Waals surface area contributed by atoms with Gasteiger partial charge < -0.3 is 30.1 Å². The molecule has 0 aliphatic carbocycles. The molecule has 2 aromatic rings. The first-order valence-corrected chi connectivity index (χ1v) is 14.0. The summed E-state index contributed by atoms with van der Waals surface area (Å²) in [7, 11) is 0. The van der Waals surface area contributed by atoms with E-state index in [9.17, 15) is 24.3 Å². The number of likely N-dealkylation sites (tertiary alicyclic amines) is 1. The number of rotatable bonds is 11. The highest BCUT2D eigenvalue weighted by atomic mass is 35.5. The van der Waals surface area contributed by atoms with Crippen LogP contribution in [0.2, 0.25) is 5.02 Å². The van der Waals surface area contributed by atoms with Gasteiger partial charge in [-0.2, -0.15) is 0 Å². The molecule has 226 valence electrons. The minimum Gasteiger partial charge on any atom is -0.448 e. The number of benzene rings is 2. The molecule has 4 N–H and O–H groups in total. The fourth-order valence-electron chi connectivity index (χ4n) is 4.51. The van der Waals surface area contributed by atoms with Crippen molar-refractivity contribution in [2.24, 2.45) is 5.41 Å². The Morgan fingerprint density at radius 3 is 2.33 bits per heavy atom. The number of carbonyl (C=O) groups excluding carboxylic acids is 4. The van der Waals surface area contributed by atoms with E-state index in [1.54, 1.807) is 30.3 Å². The molecule has 0 unspecified atom stereocenters. The number of amides is 4. The van der Waals surface area contributed by atoms with E-state index in [-0.39, 0.29) is 50.7 Å². The highest BCUT2D eigenvalue weighted by Gasteiger charge is 2.44. The molecule has 3 rings (SSSR count). The highest BCUT2D eigenvalue weighted by molar-refractivity contribution is 6.31. The summed E-state index contributed by atoms with van der Waals surface area (Å²) in [5.41, 5.74) is 1.27. The van der Waals surface area contributed by atoms with Gasteiger partial charge in [0.2, 0.25) is 11.8 Å². The van der Waals surface area contributed by atoms with Gasteiger partial charge in [-0.05, 0) is 55.5 Å². The Kier molecular flexibility index (Phi) is 11.8. The van der Waals surface area contributed by atoms with Crippen LogP contribution in [0.4, 0.5) is 15.3 Å². The van der Waals surface area contributed by atoms with E-state index in [0.29, 0.717) is 10.7 Å². The number of allylic oxidation sites excluding steroid dienone is 1. The van der Waals surface area contributed by atoms with Gasteiger partial charge in [-0.15, -0.1) is 0 Å². The van der Waals surface area contributed by atoms with E-state index >= 15 is 0 Å². The van der Waals surface area contributed by atoms with Gasteiger partial charge in [0, 0.05) is 30.3 Å². The molecule has 0 bridgehead atoms. The van der Waals surface area contributed by atoms with Crippen molar-refractivity contribution in [3.8, 4) is 0 Å². The molecule has 0 aromatic heterocycles. The Hall–Kier alpha value is -4.09. The summed E-state index contributed by atoms with van der Waals surface area (Å²) in [6.45, 7) is 6.51. The number of aryl methyl sites for hydroxylation is 1. The van der Waals surface area contributed by atoms with Gasteiger partial charge in [-0.25, -0.2) is 9.59 Å². The van der Waals surface area contributed by atoms with Crippen LogP contribution in [-0.4, -0.2) is 66.4 Å². The number of halogens is 1. The summed E-state index contributed by atoms with van der Waals surface area (Å²) in [5.74, 6) is -0.754. The number of aliphatic hydroxyl groups is 1. The van der Waals surface area contributed by atoms with Crippen molar-refractivity contribution in [1.82, 2.24) is 15.5 Å². The van der Waals surface area contributed by atoms with E-state index in [4.69, 9.17) is 21.1 Å². The predicted molar refractivity (Wildman–Crippen MR) is 158 cm³/mol. The Morgan fingerprint density at radius 2 is 1.74 bits per heavy atom. The zero-order chi connectivity index (χ0) is 30.7. The average Bonchev–Trinajstić information content (AvgIpc) is 2.98. The molecule has 2 aromatic carbocycles. The first-order chi connectivity index (χ1) is 20.1. The summed E-state index contributed by atoms with van der Waals surface area (Å²) in [5, 5.41) is 18.1. The molecule has 1 heterocycles. The first kappa shape index (κ1) is 32.4. The fraction of sp³-hybridized carbons (Fsp3) is 0.400. The van der Waals surface area contributed by atoms with E-state index in [0.717, 1.165) is 17.5 Å². The van der Waals surface area contributed by atoms with Crippen LogP contribution in [0.1, 0.15) is 37.8 Å². The summed E-state index contributed by atoms with van der Waals surface area (Å²) in [6, 6.07) is 13.2. The molecular weight excluding hydrogens is 564 g/mol. The maximum Gasteiger partial charge on any atom is 0.412 e. The lowest BCUT2D eigenvalue weighted by Gasteiger charge is -2.41. The van der Waals surface area contributed by atoms with Gasteiger partial charge in [0.25, 0.3) is 0 Å². The molecule has 1 fully saturated rings. The Morgan fingerprint density at radius 1 is 1.07 bits per heavy atom. The van der Waals surface area contributed by atoms with Crippen LogP contribution in [0.25, 0.3) is 0 Å². The minimum atomic E-state index is -1.24. The van der Waals surface area contributed by atoms with Crippen LogP contribution < -0.4 is 16.0 Å². The van der Waals surface area contributed by atoms with E-state index in [1.807, 2.05) is 25.1 Å². The summed E-state index contributed by atoms with van der Waals surface area (Å²) < 4.78 is 10.4. The second kappa shape index (κ2) is 15.2. The maximum atomic E-state index is 13.6. The molecule has 1 aliphatic heterocycles. The molecule has 0 saturated carbocycles. The quantitative estimate of drug-likeness (QED) is 0.285. The average molecular weight is 601 g/mol. The lowest BCUT2D eigenvalue weighted by molar-refractivity contribution is -0.144. The minimum absolute atomic E-state index is 0.121. The van der Waals surface area contributed by atoms with Crippen LogP contribution >= 0.6 is 11.6 Å². The van der Waals surface area contributed by atoms with Crippen molar-refractivity contribution in [2.75, 3.05) is 31.6 Å². The van der Waals surface area contributed by atoms with Gasteiger partial charge in [0.1, 0.15) is 12.6 Å². The van der Waals surface area contributed by atoms with Crippen LogP contribution in [-0.2, 0) is 32.0 Å². The number of hydrogen-bond donors (Lipinski definition) is 4. The molecule has 1 aliphatic rings. The number of nitrogens with zero attached hydrogens (tertiary/aromatic N) is 1. The molecule has 4 amide bonds. The van der Waals surface area contributed by atoms with E-state index in [2.05, 4.69) is 22.5 Å². The monoisotopic (exact) mass is 600 g/mol. The smallest absolute Gasteiger partial charge is 0.412 e. The zero-order valence-electron chi connectivity index (χ0n) is 23.8. The molecule has 0 radical (unpaired) electrons. The predicted octanol–water partition coefficient (Wildman–Crippen LogP) is 4.00. The van der Waals surface area contributed by atoms with Crippen LogP contribution in [0.3, 0.4) is 0 Å².